The third-order valence-electron chi connectivity index (χ3n) is 3.22. The van der Waals surface area contributed by atoms with Crippen molar-refractivity contribution >= 4 is 15.9 Å². The van der Waals surface area contributed by atoms with E-state index in [1.807, 2.05) is 0 Å². The van der Waals surface area contributed by atoms with Crippen LogP contribution in [-0.4, -0.2) is 15.2 Å². The minimum Gasteiger partial charge on any atom is -0.490 e. The maximum atomic E-state index is 14.3. The Bertz CT molecular complexity index is 932. The Balaban J connectivity index is 2.78. The standard InChI is InChI=1S/C15H13BrF4N2O3/c1-7(2)25-11-5-10(9(17)4-8(11)16)22-13(23)6-12(15(18,19)20)21(3)14(22)24/h4-7H,1-3H3. The first-order chi connectivity index (χ1) is 11.4. The second kappa shape index (κ2) is 6.66. The molecule has 0 spiro atoms. The van der Waals surface area contributed by atoms with Crippen molar-refractivity contribution in [1.29, 1.82) is 0 Å². The first kappa shape index (κ1) is 19.2. The number of hydrogen-bond donors (Lipinski definition) is 0. The molecule has 1 heterocycles. The molecule has 136 valence electrons. The van der Waals surface area contributed by atoms with Crippen molar-refractivity contribution in [3.05, 3.63) is 55.0 Å². The highest BCUT2D eigenvalue weighted by Gasteiger charge is 2.35. The smallest absolute Gasteiger partial charge is 0.431 e. The molecule has 0 aliphatic rings. The van der Waals surface area contributed by atoms with Crippen molar-refractivity contribution < 1.29 is 22.3 Å². The largest absolute Gasteiger partial charge is 0.490 e. The van der Waals surface area contributed by atoms with Gasteiger partial charge in [0.1, 0.15) is 17.3 Å². The van der Waals surface area contributed by atoms with Gasteiger partial charge in [-0.05, 0) is 35.8 Å². The van der Waals surface area contributed by atoms with E-state index in [1.54, 1.807) is 13.8 Å². The second-order valence-electron chi connectivity index (χ2n) is 5.44. The molecule has 0 radical (unpaired) electrons. The molecular weight excluding hydrogens is 412 g/mol. The van der Waals surface area contributed by atoms with Crippen LogP contribution >= 0.6 is 15.9 Å². The molecule has 2 aromatic rings. The van der Waals surface area contributed by atoms with Crippen LogP contribution in [0.3, 0.4) is 0 Å². The summed E-state index contributed by atoms with van der Waals surface area (Å²) in [6.45, 7) is 3.41. The van der Waals surface area contributed by atoms with Crippen LogP contribution in [0.1, 0.15) is 19.5 Å². The Morgan fingerprint density at radius 3 is 2.28 bits per heavy atom. The molecule has 1 aromatic heterocycles. The number of alkyl halides is 3. The van der Waals surface area contributed by atoms with Crippen LogP contribution in [0, 0.1) is 5.82 Å². The number of nitrogens with zero attached hydrogens (tertiary/aromatic N) is 2. The molecule has 0 amide bonds. The van der Waals surface area contributed by atoms with Gasteiger partial charge in [-0.25, -0.2) is 13.8 Å². The first-order valence-electron chi connectivity index (χ1n) is 6.99. The summed E-state index contributed by atoms with van der Waals surface area (Å²) in [6, 6.07) is 2.29. The number of hydrogen-bond acceptors (Lipinski definition) is 3. The summed E-state index contributed by atoms with van der Waals surface area (Å²) < 4.78 is 59.1. The van der Waals surface area contributed by atoms with E-state index < -0.39 is 34.6 Å². The molecule has 0 aliphatic carbocycles. The van der Waals surface area contributed by atoms with Gasteiger partial charge in [-0.3, -0.25) is 9.36 Å². The van der Waals surface area contributed by atoms with Gasteiger partial charge in [0.15, 0.2) is 0 Å². The molecule has 0 saturated carbocycles. The van der Waals surface area contributed by atoms with Crippen LogP contribution in [0.4, 0.5) is 17.6 Å². The number of aromatic nitrogens is 2. The molecule has 0 atom stereocenters. The van der Waals surface area contributed by atoms with Gasteiger partial charge in [-0.1, -0.05) is 0 Å². The summed E-state index contributed by atoms with van der Waals surface area (Å²) in [7, 11) is 0.851. The van der Waals surface area contributed by atoms with Crippen molar-refractivity contribution in [2.24, 2.45) is 7.05 Å². The van der Waals surface area contributed by atoms with E-state index in [2.05, 4.69) is 15.9 Å². The lowest BCUT2D eigenvalue weighted by Crippen LogP contribution is -2.41. The van der Waals surface area contributed by atoms with Crippen molar-refractivity contribution in [3.63, 3.8) is 0 Å². The highest BCUT2D eigenvalue weighted by Crippen LogP contribution is 2.31. The fourth-order valence-corrected chi connectivity index (χ4v) is 2.56. The van der Waals surface area contributed by atoms with Crippen molar-refractivity contribution in [2.75, 3.05) is 0 Å². The van der Waals surface area contributed by atoms with Gasteiger partial charge in [0.25, 0.3) is 5.56 Å². The Hall–Kier alpha value is -2.10. The zero-order valence-corrected chi connectivity index (χ0v) is 14.9. The van der Waals surface area contributed by atoms with Gasteiger partial charge in [-0.2, -0.15) is 13.2 Å². The maximum absolute atomic E-state index is 14.3. The number of rotatable bonds is 3. The summed E-state index contributed by atoms with van der Waals surface area (Å²) in [5.74, 6) is -0.831. The zero-order valence-electron chi connectivity index (χ0n) is 13.3. The van der Waals surface area contributed by atoms with Crippen molar-refractivity contribution in [2.45, 2.75) is 26.1 Å². The Morgan fingerprint density at radius 1 is 1.16 bits per heavy atom. The Kier molecular flexibility index (Phi) is 5.12. The van der Waals surface area contributed by atoms with Gasteiger partial charge in [0.2, 0.25) is 0 Å². The van der Waals surface area contributed by atoms with Gasteiger partial charge in [-0.15, -0.1) is 0 Å². The average molecular weight is 425 g/mol. The third kappa shape index (κ3) is 3.78. The van der Waals surface area contributed by atoms with Crippen LogP contribution in [0.15, 0.2) is 32.3 Å². The lowest BCUT2D eigenvalue weighted by atomic mass is 10.2. The lowest BCUT2D eigenvalue weighted by Gasteiger charge is -2.16. The maximum Gasteiger partial charge on any atom is 0.431 e. The number of ether oxygens (including phenoxy) is 1. The minimum atomic E-state index is -4.89. The quantitative estimate of drug-likeness (QED) is 0.710. The molecule has 0 aliphatic heterocycles. The van der Waals surface area contributed by atoms with Gasteiger partial charge in [0, 0.05) is 19.2 Å². The topological polar surface area (TPSA) is 53.2 Å². The van der Waals surface area contributed by atoms with Crippen LogP contribution in [0.25, 0.3) is 5.69 Å². The van der Waals surface area contributed by atoms with E-state index in [9.17, 15) is 27.2 Å². The van der Waals surface area contributed by atoms with Crippen LogP contribution in [0.2, 0.25) is 0 Å². The van der Waals surface area contributed by atoms with E-state index in [1.165, 1.54) is 0 Å². The second-order valence-corrected chi connectivity index (χ2v) is 6.30. The molecule has 5 nitrogen and oxygen atoms in total. The van der Waals surface area contributed by atoms with Gasteiger partial charge >= 0.3 is 11.9 Å². The van der Waals surface area contributed by atoms with E-state index in [-0.39, 0.29) is 27.0 Å². The highest BCUT2D eigenvalue weighted by atomic mass is 79.9. The SMILES string of the molecule is CC(C)Oc1cc(-n2c(=O)cc(C(F)(F)F)n(C)c2=O)c(F)cc1Br. The summed E-state index contributed by atoms with van der Waals surface area (Å²) in [4.78, 5) is 24.3. The highest BCUT2D eigenvalue weighted by molar-refractivity contribution is 9.10. The number of benzene rings is 1. The summed E-state index contributed by atoms with van der Waals surface area (Å²) in [5.41, 5.74) is -4.54. The van der Waals surface area contributed by atoms with Crippen molar-refractivity contribution in [1.82, 2.24) is 9.13 Å². The predicted molar refractivity (Wildman–Crippen MR) is 85.7 cm³/mol. The molecule has 25 heavy (non-hydrogen) atoms. The molecule has 2 rings (SSSR count). The molecule has 10 heteroatoms. The molecule has 0 saturated heterocycles. The normalized spacial score (nSPS) is 11.9. The molecular formula is C15H13BrF4N2O3. The summed E-state index contributed by atoms with van der Waals surface area (Å²) in [6.07, 6.45) is -5.18. The average Bonchev–Trinajstić information content (AvgIpc) is 2.45. The van der Waals surface area contributed by atoms with Crippen LogP contribution in [0.5, 0.6) is 5.75 Å². The van der Waals surface area contributed by atoms with Gasteiger partial charge in [0.05, 0.1) is 16.3 Å². The van der Waals surface area contributed by atoms with E-state index in [0.717, 1.165) is 19.2 Å². The van der Waals surface area contributed by atoms with Gasteiger partial charge < -0.3 is 4.74 Å². The number of halogens is 5. The van der Waals surface area contributed by atoms with Crippen molar-refractivity contribution in [3.8, 4) is 11.4 Å². The summed E-state index contributed by atoms with van der Waals surface area (Å²) in [5, 5.41) is 0. The van der Waals surface area contributed by atoms with E-state index in [0.29, 0.717) is 4.57 Å². The first-order valence-corrected chi connectivity index (χ1v) is 7.79. The molecule has 0 bridgehead atoms. The van der Waals surface area contributed by atoms with Crippen LogP contribution in [-0.2, 0) is 13.2 Å². The summed E-state index contributed by atoms with van der Waals surface area (Å²) >= 11 is 3.09. The minimum absolute atomic E-state index is 0.139. The fourth-order valence-electron chi connectivity index (χ4n) is 2.15. The van der Waals surface area contributed by atoms with E-state index >= 15 is 0 Å². The van der Waals surface area contributed by atoms with Crippen LogP contribution < -0.4 is 16.0 Å². The zero-order chi connectivity index (χ0) is 19.1. The monoisotopic (exact) mass is 424 g/mol. The molecule has 0 N–H and O–H groups in total. The lowest BCUT2D eigenvalue weighted by molar-refractivity contribution is -0.144. The molecule has 0 unspecified atom stereocenters. The fraction of sp³-hybridized carbons (Fsp3) is 0.333. The Morgan fingerprint density at radius 2 is 1.76 bits per heavy atom. The molecule has 0 fully saturated rings. The third-order valence-corrected chi connectivity index (χ3v) is 3.84. The predicted octanol–water partition coefficient (Wildman–Crippen LogP) is 3.24. The Labute approximate surface area is 147 Å². The van der Waals surface area contributed by atoms with E-state index in [4.69, 9.17) is 4.74 Å². The molecule has 1 aromatic carbocycles.